The van der Waals surface area contributed by atoms with Gasteiger partial charge in [0.2, 0.25) is 11.8 Å². The molecule has 0 radical (unpaired) electrons. The Hall–Kier alpha value is -2.16. The maximum absolute atomic E-state index is 12.4. The summed E-state index contributed by atoms with van der Waals surface area (Å²) in [4.78, 5) is 47.0. The third kappa shape index (κ3) is 23.4. The van der Waals surface area contributed by atoms with Crippen LogP contribution in [0.25, 0.3) is 0 Å². The number of nitrogens with one attached hydrogen (secondary N) is 1. The molecule has 2 amide bonds. The van der Waals surface area contributed by atoms with Crippen molar-refractivity contribution < 1.29 is 34.1 Å². The monoisotopic (exact) mass is 500 g/mol. The molecule has 0 aromatic heterocycles. The first-order valence-electron chi connectivity index (χ1n) is 13.4. The number of amides is 2. The third-order valence-corrected chi connectivity index (χ3v) is 5.82. The molecule has 9 nitrogen and oxygen atoms in total. The topological polar surface area (TPSA) is 133 Å². The van der Waals surface area contributed by atoms with E-state index >= 15 is 0 Å². The van der Waals surface area contributed by atoms with Crippen LogP contribution in [-0.2, 0) is 23.9 Å². The standard InChI is InChI=1S/C26H48N2O7/c1-2-35-20-19-27-23(29)21-28(22-26(33)34)24(30)17-15-13-11-9-7-5-3-4-6-8-10-12-14-16-18-25(31)32/h2-22H2,1H3,(H,27,29)(H,31,32)(H,33,34). The Morgan fingerprint density at radius 2 is 1.11 bits per heavy atom. The molecule has 0 spiro atoms. The predicted molar refractivity (Wildman–Crippen MR) is 135 cm³/mol. The van der Waals surface area contributed by atoms with Gasteiger partial charge in [0.15, 0.2) is 0 Å². The average molecular weight is 501 g/mol. The second kappa shape index (κ2) is 23.6. The average Bonchev–Trinajstić information content (AvgIpc) is 2.80. The van der Waals surface area contributed by atoms with Gasteiger partial charge in [0.1, 0.15) is 13.1 Å². The molecule has 0 aliphatic heterocycles. The summed E-state index contributed by atoms with van der Waals surface area (Å²) in [6.07, 6.45) is 15.9. The summed E-state index contributed by atoms with van der Waals surface area (Å²) >= 11 is 0. The lowest BCUT2D eigenvalue weighted by Crippen LogP contribution is -2.43. The van der Waals surface area contributed by atoms with Gasteiger partial charge in [-0.3, -0.25) is 19.2 Å². The molecule has 3 N–H and O–H groups in total. The molecule has 0 heterocycles. The lowest BCUT2D eigenvalue weighted by Gasteiger charge is -2.20. The Morgan fingerprint density at radius 3 is 1.54 bits per heavy atom. The molecule has 0 aromatic carbocycles. The van der Waals surface area contributed by atoms with Crippen molar-refractivity contribution in [3.05, 3.63) is 0 Å². The number of aliphatic carboxylic acids is 2. The van der Waals surface area contributed by atoms with Crippen LogP contribution in [0.2, 0.25) is 0 Å². The Labute approximate surface area is 211 Å². The number of carboxylic acid groups (broad SMARTS) is 2. The van der Waals surface area contributed by atoms with E-state index < -0.39 is 18.5 Å². The summed E-state index contributed by atoms with van der Waals surface area (Å²) in [5.74, 6) is -2.51. The molecule has 0 aliphatic carbocycles. The number of nitrogens with zero attached hydrogens (tertiary/aromatic N) is 1. The van der Waals surface area contributed by atoms with E-state index in [9.17, 15) is 19.2 Å². The Bertz CT molecular complexity index is 584. The zero-order valence-corrected chi connectivity index (χ0v) is 21.7. The van der Waals surface area contributed by atoms with Gasteiger partial charge in [-0.15, -0.1) is 0 Å². The van der Waals surface area contributed by atoms with Crippen LogP contribution in [0.1, 0.15) is 110 Å². The summed E-state index contributed by atoms with van der Waals surface area (Å²) in [6, 6.07) is 0. The van der Waals surface area contributed by atoms with Crippen molar-refractivity contribution in [2.45, 2.75) is 110 Å². The number of carboxylic acids is 2. The van der Waals surface area contributed by atoms with Gasteiger partial charge in [-0.2, -0.15) is 0 Å². The summed E-state index contributed by atoms with van der Waals surface area (Å²) in [5.41, 5.74) is 0. The van der Waals surface area contributed by atoms with Gasteiger partial charge in [0, 0.05) is 26.0 Å². The van der Waals surface area contributed by atoms with Crippen LogP contribution < -0.4 is 5.32 Å². The highest BCUT2D eigenvalue weighted by Crippen LogP contribution is 2.14. The van der Waals surface area contributed by atoms with E-state index in [0.717, 1.165) is 43.4 Å². The van der Waals surface area contributed by atoms with Gasteiger partial charge >= 0.3 is 11.9 Å². The largest absolute Gasteiger partial charge is 0.481 e. The van der Waals surface area contributed by atoms with Crippen LogP contribution in [0.15, 0.2) is 0 Å². The molecule has 9 heteroatoms. The van der Waals surface area contributed by atoms with Crippen LogP contribution in [0.5, 0.6) is 0 Å². The molecule has 0 aromatic rings. The van der Waals surface area contributed by atoms with E-state index in [4.69, 9.17) is 14.9 Å². The van der Waals surface area contributed by atoms with Crippen molar-refractivity contribution in [3.8, 4) is 0 Å². The minimum absolute atomic E-state index is 0.248. The Morgan fingerprint density at radius 1 is 0.657 bits per heavy atom. The maximum atomic E-state index is 12.4. The Balaban J connectivity index is 3.70. The van der Waals surface area contributed by atoms with Gasteiger partial charge in [0.05, 0.1) is 6.61 Å². The fourth-order valence-electron chi connectivity index (χ4n) is 3.86. The maximum Gasteiger partial charge on any atom is 0.323 e. The number of hydrogen-bond donors (Lipinski definition) is 3. The molecule has 0 atom stereocenters. The highest BCUT2D eigenvalue weighted by molar-refractivity contribution is 5.87. The summed E-state index contributed by atoms with van der Waals surface area (Å²) in [5, 5.41) is 20.3. The normalized spacial score (nSPS) is 10.8. The van der Waals surface area contributed by atoms with Crippen molar-refractivity contribution in [1.82, 2.24) is 10.2 Å². The van der Waals surface area contributed by atoms with Crippen LogP contribution in [0.3, 0.4) is 0 Å². The van der Waals surface area contributed by atoms with Crippen molar-refractivity contribution in [1.29, 1.82) is 0 Å². The number of hydrogen-bond acceptors (Lipinski definition) is 5. The van der Waals surface area contributed by atoms with Crippen molar-refractivity contribution >= 4 is 23.8 Å². The molecule has 0 aliphatic rings. The molecular weight excluding hydrogens is 452 g/mol. The summed E-state index contributed by atoms with van der Waals surface area (Å²) in [6.45, 7) is 2.41. The van der Waals surface area contributed by atoms with Crippen LogP contribution in [-0.4, -0.2) is 71.7 Å². The molecular formula is C26H48N2O7. The van der Waals surface area contributed by atoms with Crippen LogP contribution in [0, 0.1) is 0 Å². The third-order valence-electron chi connectivity index (χ3n) is 5.82. The number of carbonyl (C=O) groups excluding carboxylic acids is 2. The minimum Gasteiger partial charge on any atom is -0.481 e. The van der Waals surface area contributed by atoms with E-state index in [1.54, 1.807) is 0 Å². The SMILES string of the molecule is CCOCCNC(=O)CN(CC(=O)O)C(=O)CCCCCCCCCCCCCCCCC(=O)O. The first kappa shape index (κ1) is 32.8. The first-order valence-corrected chi connectivity index (χ1v) is 13.4. The van der Waals surface area contributed by atoms with Gasteiger partial charge in [-0.25, -0.2) is 0 Å². The second-order valence-corrected chi connectivity index (χ2v) is 9.03. The van der Waals surface area contributed by atoms with Crippen molar-refractivity contribution in [2.24, 2.45) is 0 Å². The molecule has 0 saturated carbocycles. The van der Waals surface area contributed by atoms with Gasteiger partial charge in [-0.05, 0) is 19.8 Å². The van der Waals surface area contributed by atoms with E-state index in [2.05, 4.69) is 5.32 Å². The molecule has 0 fully saturated rings. The van der Waals surface area contributed by atoms with E-state index in [1.165, 1.54) is 44.9 Å². The minimum atomic E-state index is -1.13. The molecule has 0 unspecified atom stereocenters. The van der Waals surface area contributed by atoms with Crippen LogP contribution >= 0.6 is 0 Å². The second-order valence-electron chi connectivity index (χ2n) is 9.03. The summed E-state index contributed by atoms with van der Waals surface area (Å²) in [7, 11) is 0. The smallest absolute Gasteiger partial charge is 0.323 e. The van der Waals surface area contributed by atoms with Crippen molar-refractivity contribution in [2.75, 3.05) is 32.8 Å². The number of carbonyl (C=O) groups is 4. The van der Waals surface area contributed by atoms with E-state index in [-0.39, 0.29) is 31.2 Å². The zero-order valence-electron chi connectivity index (χ0n) is 21.7. The van der Waals surface area contributed by atoms with E-state index in [0.29, 0.717) is 26.2 Å². The van der Waals surface area contributed by atoms with Crippen LogP contribution in [0.4, 0.5) is 0 Å². The highest BCUT2D eigenvalue weighted by atomic mass is 16.5. The Kier molecular flexibility index (Phi) is 22.1. The van der Waals surface area contributed by atoms with Gasteiger partial charge in [0.25, 0.3) is 0 Å². The summed E-state index contributed by atoms with van der Waals surface area (Å²) < 4.78 is 5.14. The molecule has 0 bridgehead atoms. The quantitative estimate of drug-likeness (QED) is 0.158. The first-order chi connectivity index (χ1) is 16.9. The molecule has 0 rings (SSSR count). The fraction of sp³-hybridized carbons (Fsp3) is 0.846. The number of rotatable bonds is 25. The fourth-order valence-corrected chi connectivity index (χ4v) is 3.86. The lowest BCUT2D eigenvalue weighted by atomic mass is 10.0. The van der Waals surface area contributed by atoms with E-state index in [1.807, 2.05) is 6.92 Å². The zero-order chi connectivity index (χ0) is 26.2. The van der Waals surface area contributed by atoms with Gasteiger partial charge < -0.3 is 25.2 Å². The molecule has 35 heavy (non-hydrogen) atoms. The molecule has 0 saturated heterocycles. The predicted octanol–water partition coefficient (Wildman–Crippen LogP) is 4.38. The number of ether oxygens (including phenoxy) is 1. The molecule has 204 valence electrons. The van der Waals surface area contributed by atoms with Gasteiger partial charge in [-0.1, -0.05) is 77.0 Å². The highest BCUT2D eigenvalue weighted by Gasteiger charge is 2.19. The number of unbranched alkanes of at least 4 members (excludes halogenated alkanes) is 13. The lowest BCUT2D eigenvalue weighted by molar-refractivity contribution is -0.146. The van der Waals surface area contributed by atoms with Crippen molar-refractivity contribution in [3.63, 3.8) is 0 Å².